The van der Waals surface area contributed by atoms with Gasteiger partial charge in [-0.25, -0.2) is 17.9 Å². The number of fused-ring (bicyclic) bond motifs is 1. The highest BCUT2D eigenvalue weighted by atomic mass is 32.2. The van der Waals surface area contributed by atoms with Crippen molar-refractivity contribution in [3.8, 4) is 5.75 Å². The first-order chi connectivity index (χ1) is 21.3. The van der Waals surface area contributed by atoms with Crippen molar-refractivity contribution in [2.75, 3.05) is 22.5 Å². The first kappa shape index (κ1) is 31.9. The molecule has 5 rings (SSSR count). The monoisotopic (exact) mass is 674 g/mol. The number of thioether (sulfide) groups is 2. The Hall–Kier alpha value is -4.46. The fourth-order valence-corrected chi connectivity index (χ4v) is 7.74. The molecule has 0 saturated carbocycles. The van der Waals surface area contributed by atoms with Crippen molar-refractivity contribution in [1.82, 2.24) is 30.0 Å². The zero-order valence-corrected chi connectivity index (χ0v) is 26.0. The molecule has 0 aliphatic carbocycles. The number of sulfonamides is 1. The number of carbonyl (C=O) groups is 4. The van der Waals surface area contributed by atoms with E-state index in [-0.39, 0.29) is 22.9 Å². The Kier molecular flexibility index (Phi) is 8.88. The number of rotatable bonds is 10. The molecule has 19 heteroatoms. The van der Waals surface area contributed by atoms with E-state index < -0.39 is 62.5 Å². The molecule has 16 nitrogen and oxygen atoms in total. The van der Waals surface area contributed by atoms with E-state index in [1.165, 1.54) is 22.5 Å². The van der Waals surface area contributed by atoms with Crippen LogP contribution in [0.3, 0.4) is 0 Å². The summed E-state index contributed by atoms with van der Waals surface area (Å²) in [5.41, 5.74) is 6.32. The van der Waals surface area contributed by atoms with E-state index in [9.17, 15) is 37.8 Å². The number of nitrogens with one attached hydrogen (secondary N) is 1. The molecule has 3 amide bonds. The highest BCUT2D eigenvalue weighted by molar-refractivity contribution is 8.01. The maximum absolute atomic E-state index is 14.0. The first-order valence-corrected chi connectivity index (χ1v) is 16.9. The third kappa shape index (κ3) is 6.37. The normalized spacial score (nSPS) is 18.6. The van der Waals surface area contributed by atoms with E-state index in [2.05, 4.69) is 20.2 Å². The van der Waals surface area contributed by atoms with Gasteiger partial charge in [0.25, 0.3) is 17.7 Å². The van der Waals surface area contributed by atoms with Crippen LogP contribution < -0.4 is 10.5 Å². The van der Waals surface area contributed by atoms with E-state index in [1.807, 2.05) is 0 Å². The number of nitrogens with two attached hydrogens (primary N) is 1. The molecule has 1 aromatic heterocycles. The average Bonchev–Trinajstić information content (AvgIpc) is 3.41. The van der Waals surface area contributed by atoms with Gasteiger partial charge in [0.15, 0.2) is 0 Å². The number of amides is 3. The van der Waals surface area contributed by atoms with Gasteiger partial charge in [0.05, 0.1) is 17.5 Å². The molecule has 3 heterocycles. The summed E-state index contributed by atoms with van der Waals surface area (Å²) in [4.78, 5) is 55.7. The van der Waals surface area contributed by atoms with Gasteiger partial charge >= 0.3 is 5.97 Å². The molecule has 3 aromatic rings. The quantitative estimate of drug-likeness (QED) is 0.168. The lowest BCUT2D eigenvalue weighted by molar-refractivity contribution is -0.157. The molecule has 2 aromatic carbocycles. The van der Waals surface area contributed by atoms with Crippen LogP contribution in [0.2, 0.25) is 0 Å². The average molecular weight is 675 g/mol. The predicted molar refractivity (Wildman–Crippen MR) is 162 cm³/mol. The first-order valence-electron chi connectivity index (χ1n) is 13.0. The molecule has 1 unspecified atom stereocenters. The van der Waals surface area contributed by atoms with Crippen LogP contribution in [0.4, 0.5) is 5.69 Å². The number of β-lactam (4-membered cyclic amide) rings is 1. The molecule has 0 spiro atoms. The van der Waals surface area contributed by atoms with Gasteiger partial charge in [-0.3, -0.25) is 28.9 Å². The van der Waals surface area contributed by atoms with Gasteiger partial charge in [0.2, 0.25) is 15.2 Å². The van der Waals surface area contributed by atoms with E-state index in [1.54, 1.807) is 37.4 Å². The number of aromatic nitrogens is 4. The molecule has 2 aliphatic rings. The number of nitrogens with zero attached hydrogens (tertiary/aromatic N) is 6. The third-order valence-corrected chi connectivity index (χ3v) is 9.90. The lowest BCUT2D eigenvalue weighted by Crippen LogP contribution is -2.72. The summed E-state index contributed by atoms with van der Waals surface area (Å²) in [5, 5.41) is 31.4. The second-order valence-corrected chi connectivity index (χ2v) is 13.8. The number of benzene rings is 2. The Morgan fingerprint density at radius 1 is 1.22 bits per heavy atom. The molecular weight excluding hydrogens is 649 g/mol. The summed E-state index contributed by atoms with van der Waals surface area (Å²) >= 11 is 2.34. The van der Waals surface area contributed by atoms with E-state index >= 15 is 0 Å². The molecule has 45 heavy (non-hydrogen) atoms. The van der Waals surface area contributed by atoms with Crippen molar-refractivity contribution in [3.05, 3.63) is 70.9 Å². The number of aryl methyl sites for hydroxylation is 1. The van der Waals surface area contributed by atoms with Crippen molar-refractivity contribution in [2.45, 2.75) is 22.6 Å². The van der Waals surface area contributed by atoms with Crippen molar-refractivity contribution >= 4 is 62.9 Å². The van der Waals surface area contributed by atoms with Gasteiger partial charge in [-0.15, -0.1) is 16.9 Å². The van der Waals surface area contributed by atoms with Crippen LogP contribution in [0.15, 0.2) is 65.0 Å². The largest absolute Gasteiger partial charge is 0.507 e. The molecule has 0 radical (unpaired) electrons. The summed E-state index contributed by atoms with van der Waals surface area (Å²) in [6.45, 7) is 0. The van der Waals surface area contributed by atoms with Gasteiger partial charge in [-0.05, 0) is 33.7 Å². The topological polar surface area (TPSA) is 231 Å². The van der Waals surface area contributed by atoms with Crippen LogP contribution in [-0.4, -0.2) is 102 Å². The number of phenols is 1. The number of phenolic OH excluding ortho intramolecular Hbond substituents is 1. The Balaban J connectivity index is 1.49. The maximum Gasteiger partial charge on any atom is 0.352 e. The lowest BCUT2D eigenvalue weighted by Gasteiger charge is -2.52. The van der Waals surface area contributed by atoms with Crippen molar-refractivity contribution in [1.29, 1.82) is 0 Å². The molecule has 236 valence electrons. The summed E-state index contributed by atoms with van der Waals surface area (Å²) in [5.74, 6) is -4.58. The maximum atomic E-state index is 14.0. The van der Waals surface area contributed by atoms with Gasteiger partial charge in [0.1, 0.15) is 28.9 Å². The van der Waals surface area contributed by atoms with Gasteiger partial charge in [0, 0.05) is 24.6 Å². The molecule has 1 fully saturated rings. The fraction of sp³-hybridized carbons (Fsp3) is 0.269. The standard InChI is InChI=1S/C26H26N8O8S3/c1-32-26(28-30-31-32)44-12-14-11-43-24-20(23(38)34(24)19(14)25(39)40)33(22(37)18(27)13-6-4-3-5-7-13)21(36)16-9-8-15(10-17(16)35)29-45(2,41)42/h3-10,18,20,24,29,35H,11-12,27H2,1-2H3,(H,39,40)/t18-,20?,24-/m1/s1. The van der Waals surface area contributed by atoms with Crippen LogP contribution in [0, 0.1) is 0 Å². The van der Waals surface area contributed by atoms with Crippen LogP contribution in [0.1, 0.15) is 22.0 Å². The highest BCUT2D eigenvalue weighted by Crippen LogP contribution is 2.44. The highest BCUT2D eigenvalue weighted by Gasteiger charge is 2.59. The van der Waals surface area contributed by atoms with Crippen LogP contribution >= 0.6 is 23.5 Å². The second kappa shape index (κ2) is 12.5. The SMILES string of the molecule is Cn1nnnc1SCC1=C(C(=O)O)N2C(=O)C(N(C(=O)c3ccc(NS(C)(=O)=O)cc3O)C(=O)[C@H](N)c3ccccc3)[C@H]2SC1. The number of hydrogen-bond acceptors (Lipinski definition) is 13. The van der Waals surface area contributed by atoms with Crippen LogP contribution in [0.5, 0.6) is 5.75 Å². The molecule has 3 atom stereocenters. The van der Waals surface area contributed by atoms with E-state index in [4.69, 9.17) is 5.73 Å². The summed E-state index contributed by atoms with van der Waals surface area (Å²) in [7, 11) is -2.08. The number of carbonyl (C=O) groups excluding carboxylic acids is 3. The van der Waals surface area contributed by atoms with Crippen molar-refractivity contribution < 1.29 is 37.8 Å². The Morgan fingerprint density at radius 3 is 2.53 bits per heavy atom. The van der Waals surface area contributed by atoms with Crippen LogP contribution in [0.25, 0.3) is 0 Å². The number of carboxylic acid groups (broad SMARTS) is 1. The summed E-state index contributed by atoms with van der Waals surface area (Å²) in [6, 6.07) is 8.58. The molecule has 2 aliphatic heterocycles. The molecule has 1 saturated heterocycles. The molecular formula is C26H26N8O8S3. The van der Waals surface area contributed by atoms with E-state index in [0.29, 0.717) is 21.2 Å². The smallest absolute Gasteiger partial charge is 0.352 e. The summed E-state index contributed by atoms with van der Waals surface area (Å²) < 4.78 is 26.8. The van der Waals surface area contributed by atoms with Gasteiger partial charge in [-0.2, -0.15) is 0 Å². The Bertz CT molecular complexity index is 1830. The second-order valence-electron chi connectivity index (χ2n) is 9.99. The Labute approximate surface area is 264 Å². The predicted octanol–water partition coefficient (Wildman–Crippen LogP) is 0.371. The van der Waals surface area contributed by atoms with Crippen LogP contribution in [-0.2, 0) is 31.5 Å². The Morgan fingerprint density at radius 2 is 1.93 bits per heavy atom. The minimum Gasteiger partial charge on any atom is -0.507 e. The minimum absolute atomic E-state index is 0.0436. The number of hydrogen-bond donors (Lipinski definition) is 4. The lowest BCUT2D eigenvalue weighted by atomic mass is 9.97. The fourth-order valence-electron chi connectivity index (χ4n) is 4.81. The van der Waals surface area contributed by atoms with Gasteiger partial charge < -0.3 is 15.9 Å². The number of aliphatic carboxylic acids is 1. The minimum atomic E-state index is -3.71. The van der Waals surface area contributed by atoms with Crippen molar-refractivity contribution in [2.24, 2.45) is 12.8 Å². The number of imide groups is 1. The van der Waals surface area contributed by atoms with Gasteiger partial charge in [-0.1, -0.05) is 42.1 Å². The zero-order chi connectivity index (χ0) is 32.6. The zero-order valence-electron chi connectivity index (χ0n) is 23.6. The molecule has 5 N–H and O–H groups in total. The third-order valence-electron chi connectivity index (χ3n) is 6.87. The van der Waals surface area contributed by atoms with Crippen molar-refractivity contribution in [3.63, 3.8) is 0 Å². The van der Waals surface area contributed by atoms with E-state index in [0.717, 1.165) is 35.1 Å². The number of anilines is 1. The summed E-state index contributed by atoms with van der Waals surface area (Å²) in [6.07, 6.45) is 0.904. The number of aromatic hydroxyl groups is 1. The molecule has 0 bridgehead atoms. The number of tetrazole rings is 1. The number of carboxylic acids is 1.